The minimum absolute atomic E-state index is 0.116. The number of hydrogen-bond donors (Lipinski definition) is 1. The first-order chi connectivity index (χ1) is 9.11. The molecule has 3 unspecified atom stereocenters. The van der Waals surface area contributed by atoms with Gasteiger partial charge in [0.25, 0.3) is 0 Å². The minimum Gasteiger partial charge on any atom is -0.310 e. The number of hydrogen-bond acceptors (Lipinski definition) is 1. The summed E-state index contributed by atoms with van der Waals surface area (Å²) in [5.41, 5.74) is 0.769. The molecule has 1 saturated carbocycles. The van der Waals surface area contributed by atoms with Gasteiger partial charge in [-0.2, -0.15) is 0 Å². The molecule has 0 heterocycles. The summed E-state index contributed by atoms with van der Waals surface area (Å²) >= 11 is 5.85. The van der Waals surface area contributed by atoms with E-state index in [-0.39, 0.29) is 11.9 Å². The summed E-state index contributed by atoms with van der Waals surface area (Å²) in [6.45, 7) is 5.23. The molecule has 3 heteroatoms. The van der Waals surface area contributed by atoms with Gasteiger partial charge in [-0.05, 0) is 43.4 Å². The highest BCUT2D eigenvalue weighted by Gasteiger charge is 2.28. The largest absolute Gasteiger partial charge is 0.310 e. The molecule has 1 N–H and O–H groups in total. The molecule has 0 spiro atoms. The molecule has 0 aliphatic heterocycles. The van der Waals surface area contributed by atoms with Crippen molar-refractivity contribution < 1.29 is 4.39 Å². The molecule has 1 nitrogen and oxygen atoms in total. The molecule has 1 aliphatic carbocycles. The Bertz CT molecular complexity index is 421. The number of rotatable bonds is 4. The number of nitrogens with one attached hydrogen (secondary N) is 1. The van der Waals surface area contributed by atoms with Gasteiger partial charge in [-0.25, -0.2) is 4.39 Å². The fourth-order valence-electron chi connectivity index (χ4n) is 3.29. The van der Waals surface area contributed by atoms with E-state index < -0.39 is 0 Å². The van der Waals surface area contributed by atoms with Crippen molar-refractivity contribution >= 4 is 11.6 Å². The molecular formula is C16H23ClFN. The molecule has 2 rings (SSSR count). The van der Waals surface area contributed by atoms with Crippen LogP contribution in [-0.2, 0) is 0 Å². The van der Waals surface area contributed by atoms with Crippen LogP contribution in [-0.4, -0.2) is 6.54 Å². The van der Waals surface area contributed by atoms with Crippen LogP contribution >= 0.6 is 11.6 Å². The Kier molecular flexibility index (Phi) is 5.23. The summed E-state index contributed by atoms with van der Waals surface area (Å²) in [4.78, 5) is 0. The SMILES string of the molecule is CCNC(c1ccc(Cl)cc1F)C1CCCC(C)C1. The molecule has 0 radical (unpaired) electrons. The van der Waals surface area contributed by atoms with Crippen LogP contribution in [0, 0.1) is 17.7 Å². The smallest absolute Gasteiger partial charge is 0.129 e. The monoisotopic (exact) mass is 283 g/mol. The maximum Gasteiger partial charge on any atom is 0.129 e. The molecule has 0 bridgehead atoms. The van der Waals surface area contributed by atoms with E-state index >= 15 is 0 Å². The fraction of sp³-hybridized carbons (Fsp3) is 0.625. The van der Waals surface area contributed by atoms with E-state index in [1.807, 2.05) is 6.07 Å². The molecule has 0 aromatic heterocycles. The van der Waals surface area contributed by atoms with Crippen molar-refractivity contribution in [2.24, 2.45) is 11.8 Å². The van der Waals surface area contributed by atoms with Gasteiger partial charge in [-0.3, -0.25) is 0 Å². The number of benzene rings is 1. The van der Waals surface area contributed by atoms with E-state index in [0.717, 1.165) is 18.0 Å². The summed E-state index contributed by atoms with van der Waals surface area (Å²) in [5, 5.41) is 3.93. The van der Waals surface area contributed by atoms with Gasteiger partial charge in [0.2, 0.25) is 0 Å². The lowest BCUT2D eigenvalue weighted by Crippen LogP contribution is -2.31. The zero-order chi connectivity index (χ0) is 13.8. The molecule has 1 aliphatic rings. The van der Waals surface area contributed by atoms with E-state index in [4.69, 9.17) is 11.6 Å². The number of halogens is 2. The van der Waals surface area contributed by atoms with Gasteiger partial charge in [0.1, 0.15) is 5.82 Å². The van der Waals surface area contributed by atoms with Crippen LogP contribution in [0.1, 0.15) is 51.1 Å². The predicted octanol–water partition coefficient (Wildman–Crippen LogP) is 4.96. The topological polar surface area (TPSA) is 12.0 Å². The van der Waals surface area contributed by atoms with Crippen molar-refractivity contribution in [1.29, 1.82) is 0 Å². The Balaban J connectivity index is 2.23. The summed E-state index contributed by atoms with van der Waals surface area (Å²) in [5.74, 6) is 1.09. The highest BCUT2D eigenvalue weighted by atomic mass is 35.5. The Morgan fingerprint density at radius 3 is 2.84 bits per heavy atom. The first kappa shape index (κ1) is 14.8. The van der Waals surface area contributed by atoms with Crippen LogP contribution in [0.25, 0.3) is 0 Å². The molecule has 1 aromatic rings. The molecule has 1 fully saturated rings. The van der Waals surface area contributed by atoms with Gasteiger partial charge in [0.15, 0.2) is 0 Å². The quantitative estimate of drug-likeness (QED) is 0.824. The van der Waals surface area contributed by atoms with Crippen LogP contribution < -0.4 is 5.32 Å². The summed E-state index contributed by atoms with van der Waals surface area (Å²) in [6.07, 6.45) is 4.92. The van der Waals surface area contributed by atoms with Gasteiger partial charge in [-0.15, -0.1) is 0 Å². The van der Waals surface area contributed by atoms with E-state index in [1.165, 1.54) is 31.7 Å². The molecule has 3 atom stereocenters. The minimum atomic E-state index is -0.184. The van der Waals surface area contributed by atoms with Gasteiger partial charge in [-0.1, -0.05) is 44.4 Å². The highest BCUT2D eigenvalue weighted by molar-refractivity contribution is 6.30. The summed E-state index contributed by atoms with van der Waals surface area (Å²) in [6, 6.07) is 5.17. The van der Waals surface area contributed by atoms with Crippen molar-refractivity contribution in [3.05, 3.63) is 34.6 Å². The molecule has 0 amide bonds. The third-order valence-corrected chi connectivity index (χ3v) is 4.41. The van der Waals surface area contributed by atoms with Gasteiger partial charge >= 0.3 is 0 Å². The lowest BCUT2D eigenvalue weighted by atomic mass is 9.76. The van der Waals surface area contributed by atoms with E-state index in [1.54, 1.807) is 6.07 Å². The maximum atomic E-state index is 14.2. The zero-order valence-corrected chi connectivity index (χ0v) is 12.5. The summed E-state index contributed by atoms with van der Waals surface area (Å²) in [7, 11) is 0. The Morgan fingerprint density at radius 1 is 1.42 bits per heavy atom. The molecular weight excluding hydrogens is 261 g/mol. The van der Waals surface area contributed by atoms with Gasteiger partial charge in [0.05, 0.1) is 0 Å². The molecule has 1 aromatic carbocycles. The van der Waals surface area contributed by atoms with Crippen molar-refractivity contribution in [3.8, 4) is 0 Å². The lowest BCUT2D eigenvalue weighted by molar-refractivity contribution is 0.222. The molecule has 106 valence electrons. The summed E-state index contributed by atoms with van der Waals surface area (Å²) < 4.78 is 14.2. The highest BCUT2D eigenvalue weighted by Crippen LogP contribution is 2.38. The fourth-order valence-corrected chi connectivity index (χ4v) is 3.45. The van der Waals surface area contributed by atoms with Crippen LogP contribution in [0.15, 0.2) is 18.2 Å². The average Bonchev–Trinajstić information content (AvgIpc) is 2.37. The van der Waals surface area contributed by atoms with Crippen LogP contribution in [0.5, 0.6) is 0 Å². The molecule has 0 saturated heterocycles. The van der Waals surface area contributed by atoms with Crippen LogP contribution in [0.4, 0.5) is 4.39 Å². The van der Waals surface area contributed by atoms with E-state index in [9.17, 15) is 4.39 Å². The first-order valence-corrected chi connectivity index (χ1v) is 7.68. The van der Waals surface area contributed by atoms with Crippen molar-refractivity contribution in [1.82, 2.24) is 5.32 Å². The predicted molar refractivity (Wildman–Crippen MR) is 78.9 cm³/mol. The van der Waals surface area contributed by atoms with Crippen LogP contribution in [0.3, 0.4) is 0 Å². The average molecular weight is 284 g/mol. The van der Waals surface area contributed by atoms with Gasteiger partial charge < -0.3 is 5.32 Å². The molecule has 19 heavy (non-hydrogen) atoms. The Labute approximate surface area is 120 Å². The first-order valence-electron chi connectivity index (χ1n) is 7.30. The Morgan fingerprint density at radius 2 is 2.21 bits per heavy atom. The second-order valence-corrected chi connectivity index (χ2v) is 6.17. The van der Waals surface area contributed by atoms with Crippen LogP contribution in [0.2, 0.25) is 5.02 Å². The van der Waals surface area contributed by atoms with Crippen molar-refractivity contribution in [2.75, 3.05) is 6.54 Å². The third-order valence-electron chi connectivity index (χ3n) is 4.17. The van der Waals surface area contributed by atoms with E-state index in [0.29, 0.717) is 10.9 Å². The lowest BCUT2D eigenvalue weighted by Gasteiger charge is -2.34. The third kappa shape index (κ3) is 3.70. The van der Waals surface area contributed by atoms with Crippen molar-refractivity contribution in [3.63, 3.8) is 0 Å². The zero-order valence-electron chi connectivity index (χ0n) is 11.8. The second kappa shape index (κ2) is 6.71. The van der Waals surface area contributed by atoms with E-state index in [2.05, 4.69) is 19.2 Å². The Hall–Kier alpha value is -0.600. The second-order valence-electron chi connectivity index (χ2n) is 5.73. The van der Waals surface area contributed by atoms with Crippen molar-refractivity contribution in [2.45, 2.75) is 45.6 Å². The normalized spacial score (nSPS) is 25.3. The maximum absolute atomic E-state index is 14.2. The standard InChI is InChI=1S/C16H23ClFN/c1-3-19-16(12-6-4-5-11(2)9-12)14-8-7-13(17)10-15(14)18/h7-8,10-12,16,19H,3-6,9H2,1-2H3. The van der Waals surface area contributed by atoms with Gasteiger partial charge in [0, 0.05) is 16.6 Å².